The Hall–Kier alpha value is -1.21. The lowest BCUT2D eigenvalue weighted by molar-refractivity contribution is -0.137. The molecular weight excluding hydrogens is 336 g/mol. The van der Waals surface area contributed by atoms with Gasteiger partial charge in [-0.2, -0.15) is 0 Å². The molecular formula is C20H34O6. The molecule has 6 nitrogen and oxygen atoms in total. The van der Waals surface area contributed by atoms with E-state index in [2.05, 4.69) is 6.92 Å². The van der Waals surface area contributed by atoms with Crippen LogP contribution in [0.25, 0.3) is 0 Å². The number of rotatable bonds is 13. The van der Waals surface area contributed by atoms with Gasteiger partial charge in [0, 0.05) is 12.8 Å². The molecule has 1 fully saturated rings. The van der Waals surface area contributed by atoms with Crippen LogP contribution in [0.4, 0.5) is 0 Å². The molecule has 1 heterocycles. The van der Waals surface area contributed by atoms with Crippen molar-refractivity contribution in [2.45, 2.75) is 95.2 Å². The minimum Gasteiger partial charge on any atom is -0.481 e. The average molecular weight is 370 g/mol. The Bertz CT molecular complexity index is 448. The van der Waals surface area contributed by atoms with E-state index < -0.39 is 30.4 Å². The molecule has 0 aliphatic carbocycles. The minimum absolute atomic E-state index is 0.145. The lowest BCUT2D eigenvalue weighted by atomic mass is 10.0. The van der Waals surface area contributed by atoms with Crippen molar-refractivity contribution in [2.24, 2.45) is 0 Å². The maximum Gasteiger partial charge on any atom is 0.303 e. The summed E-state index contributed by atoms with van der Waals surface area (Å²) in [7, 11) is 0. The van der Waals surface area contributed by atoms with Gasteiger partial charge in [0.15, 0.2) is 0 Å². The quantitative estimate of drug-likeness (QED) is 0.293. The molecule has 1 aliphatic rings. The van der Waals surface area contributed by atoms with Crippen molar-refractivity contribution in [1.82, 2.24) is 0 Å². The van der Waals surface area contributed by atoms with Gasteiger partial charge in [0.2, 0.25) is 0 Å². The van der Waals surface area contributed by atoms with Crippen molar-refractivity contribution in [2.75, 3.05) is 0 Å². The fourth-order valence-corrected chi connectivity index (χ4v) is 3.01. The molecule has 0 amide bonds. The minimum atomic E-state index is -0.852. The standard InChI is InChI=1S/C20H34O6/c1-2-3-6-10-18-17(23)14-19(26-18)16(22)13-12-15(21)9-7-4-5-8-11-20(24)25/h4,7,12-13,15-19,21-23H,2-3,5-6,8-11,14H2,1H3,(H,24,25)/b7-4-,13-12-/t15-,16+,17+,18-,19+/m0/s1. The Morgan fingerprint density at radius 2 is 1.96 bits per heavy atom. The summed E-state index contributed by atoms with van der Waals surface area (Å²) >= 11 is 0. The molecule has 1 aliphatic heterocycles. The van der Waals surface area contributed by atoms with Crippen LogP contribution in [0.1, 0.15) is 64.7 Å². The highest BCUT2D eigenvalue weighted by molar-refractivity contribution is 5.66. The molecule has 26 heavy (non-hydrogen) atoms. The number of aliphatic hydroxyl groups is 3. The van der Waals surface area contributed by atoms with Crippen LogP contribution < -0.4 is 0 Å². The first kappa shape index (κ1) is 22.8. The maximum atomic E-state index is 10.4. The Labute approximate surface area is 156 Å². The van der Waals surface area contributed by atoms with E-state index in [1.165, 1.54) is 12.2 Å². The van der Waals surface area contributed by atoms with Crippen LogP contribution in [0.5, 0.6) is 0 Å². The van der Waals surface area contributed by atoms with Crippen LogP contribution in [0, 0.1) is 0 Å². The van der Waals surface area contributed by atoms with Gasteiger partial charge >= 0.3 is 5.97 Å². The lowest BCUT2D eigenvalue weighted by Crippen LogP contribution is -2.25. The van der Waals surface area contributed by atoms with Gasteiger partial charge in [-0.25, -0.2) is 0 Å². The molecule has 150 valence electrons. The van der Waals surface area contributed by atoms with Crippen molar-refractivity contribution in [1.29, 1.82) is 0 Å². The van der Waals surface area contributed by atoms with Crippen molar-refractivity contribution in [3.8, 4) is 0 Å². The molecule has 1 rings (SSSR count). The number of aliphatic hydroxyl groups excluding tert-OH is 3. The Morgan fingerprint density at radius 3 is 2.65 bits per heavy atom. The van der Waals surface area contributed by atoms with Crippen LogP contribution in [0.15, 0.2) is 24.3 Å². The van der Waals surface area contributed by atoms with Gasteiger partial charge in [-0.05, 0) is 25.7 Å². The molecule has 0 aromatic carbocycles. The first-order valence-corrected chi connectivity index (χ1v) is 9.68. The number of carboxylic acids is 1. The molecule has 0 unspecified atom stereocenters. The average Bonchev–Trinajstić information content (AvgIpc) is 2.97. The largest absolute Gasteiger partial charge is 0.481 e. The van der Waals surface area contributed by atoms with Gasteiger partial charge in [0.25, 0.3) is 0 Å². The number of aliphatic carboxylic acids is 1. The molecule has 6 heteroatoms. The predicted octanol–water partition coefficient (Wildman–Crippen LogP) is 2.56. The van der Waals surface area contributed by atoms with E-state index in [1.807, 2.05) is 12.2 Å². The van der Waals surface area contributed by atoms with Crippen molar-refractivity contribution in [3.63, 3.8) is 0 Å². The topological polar surface area (TPSA) is 107 Å². The third-order valence-electron chi connectivity index (χ3n) is 4.56. The third-order valence-corrected chi connectivity index (χ3v) is 4.56. The summed E-state index contributed by atoms with van der Waals surface area (Å²) in [6.07, 6.45) is 10.2. The highest BCUT2D eigenvalue weighted by Gasteiger charge is 2.36. The SMILES string of the molecule is CCCCC[C@@H]1O[C@@H]([C@H](O)/C=C\[C@@H](O)C/C=C\CCCC(=O)O)C[C@H]1O. The molecule has 0 radical (unpaired) electrons. The van der Waals surface area contributed by atoms with Crippen LogP contribution in [-0.2, 0) is 9.53 Å². The molecule has 0 bridgehead atoms. The van der Waals surface area contributed by atoms with Gasteiger partial charge in [-0.15, -0.1) is 0 Å². The number of hydrogen-bond donors (Lipinski definition) is 4. The predicted molar refractivity (Wildman–Crippen MR) is 99.8 cm³/mol. The number of hydrogen-bond acceptors (Lipinski definition) is 5. The summed E-state index contributed by atoms with van der Waals surface area (Å²) in [4.78, 5) is 10.4. The van der Waals surface area contributed by atoms with Crippen molar-refractivity contribution < 1.29 is 30.0 Å². The molecule has 0 aromatic heterocycles. The van der Waals surface area contributed by atoms with Gasteiger partial charge in [-0.3, -0.25) is 4.79 Å². The van der Waals surface area contributed by atoms with Crippen LogP contribution in [-0.4, -0.2) is 56.9 Å². The summed E-state index contributed by atoms with van der Waals surface area (Å²) in [6, 6.07) is 0. The highest BCUT2D eigenvalue weighted by atomic mass is 16.5. The lowest BCUT2D eigenvalue weighted by Gasteiger charge is -2.17. The van der Waals surface area contributed by atoms with Gasteiger partial charge in [-0.1, -0.05) is 50.5 Å². The van der Waals surface area contributed by atoms with Crippen LogP contribution >= 0.6 is 0 Å². The van der Waals surface area contributed by atoms with E-state index in [-0.39, 0.29) is 12.5 Å². The van der Waals surface area contributed by atoms with Crippen molar-refractivity contribution >= 4 is 5.97 Å². The van der Waals surface area contributed by atoms with E-state index >= 15 is 0 Å². The number of carboxylic acid groups (broad SMARTS) is 1. The summed E-state index contributed by atoms with van der Waals surface area (Å²) in [5.74, 6) is -0.804. The summed E-state index contributed by atoms with van der Waals surface area (Å²) in [5, 5.41) is 38.7. The first-order valence-electron chi connectivity index (χ1n) is 9.68. The van der Waals surface area contributed by atoms with Gasteiger partial charge in [0.05, 0.1) is 30.5 Å². The second-order valence-electron chi connectivity index (χ2n) is 6.95. The fraction of sp³-hybridized carbons (Fsp3) is 0.750. The molecule has 0 spiro atoms. The number of allylic oxidation sites excluding steroid dienone is 1. The molecule has 0 saturated carbocycles. The zero-order valence-electron chi connectivity index (χ0n) is 15.7. The van der Waals surface area contributed by atoms with Gasteiger partial charge in [0.1, 0.15) is 0 Å². The number of ether oxygens (including phenoxy) is 1. The van der Waals surface area contributed by atoms with Gasteiger partial charge < -0.3 is 25.2 Å². The number of unbranched alkanes of at least 4 members (excludes halogenated alkanes) is 3. The van der Waals surface area contributed by atoms with Crippen LogP contribution in [0.2, 0.25) is 0 Å². The van der Waals surface area contributed by atoms with Crippen LogP contribution in [0.3, 0.4) is 0 Å². The fourth-order valence-electron chi connectivity index (χ4n) is 3.01. The number of carbonyl (C=O) groups is 1. The Kier molecular flexibility index (Phi) is 11.4. The van der Waals surface area contributed by atoms with E-state index in [4.69, 9.17) is 9.84 Å². The van der Waals surface area contributed by atoms with E-state index in [9.17, 15) is 20.1 Å². The summed E-state index contributed by atoms with van der Waals surface area (Å²) in [6.45, 7) is 2.12. The second-order valence-corrected chi connectivity index (χ2v) is 6.95. The maximum absolute atomic E-state index is 10.4. The first-order chi connectivity index (χ1) is 12.4. The smallest absolute Gasteiger partial charge is 0.303 e. The summed E-state index contributed by atoms with van der Waals surface area (Å²) in [5.41, 5.74) is 0. The Morgan fingerprint density at radius 1 is 1.19 bits per heavy atom. The zero-order chi connectivity index (χ0) is 19.4. The molecule has 1 saturated heterocycles. The Balaban J connectivity index is 2.27. The third kappa shape index (κ3) is 9.48. The highest BCUT2D eigenvalue weighted by Crippen LogP contribution is 2.27. The van der Waals surface area contributed by atoms with E-state index in [0.717, 1.165) is 25.7 Å². The summed E-state index contributed by atoms with van der Waals surface area (Å²) < 4.78 is 5.76. The zero-order valence-corrected chi connectivity index (χ0v) is 15.7. The van der Waals surface area contributed by atoms with Crippen molar-refractivity contribution in [3.05, 3.63) is 24.3 Å². The van der Waals surface area contributed by atoms with E-state index in [1.54, 1.807) is 0 Å². The molecule has 4 N–H and O–H groups in total. The monoisotopic (exact) mass is 370 g/mol. The second kappa shape index (κ2) is 13.0. The van der Waals surface area contributed by atoms with E-state index in [0.29, 0.717) is 25.7 Å². The normalized spacial score (nSPS) is 25.9. The molecule has 0 aromatic rings. The molecule has 5 atom stereocenters.